The van der Waals surface area contributed by atoms with Crippen molar-refractivity contribution in [2.45, 2.75) is 6.92 Å². The Balaban J connectivity index is 1.80. The second kappa shape index (κ2) is 7.66. The van der Waals surface area contributed by atoms with Gasteiger partial charge >= 0.3 is 0 Å². The van der Waals surface area contributed by atoms with Gasteiger partial charge in [0, 0.05) is 6.07 Å². The van der Waals surface area contributed by atoms with E-state index in [1.807, 2.05) is 61.5 Å². The van der Waals surface area contributed by atoms with Crippen molar-refractivity contribution >= 4 is 34.6 Å². The molecule has 0 spiro atoms. The van der Waals surface area contributed by atoms with Crippen LogP contribution in [0.15, 0.2) is 60.9 Å². The minimum Gasteiger partial charge on any atom is -0.492 e. The fraction of sp³-hybridized carbons (Fsp3) is 0.111. The van der Waals surface area contributed by atoms with Crippen LogP contribution in [0.3, 0.4) is 0 Å². The van der Waals surface area contributed by atoms with E-state index in [-0.39, 0.29) is 0 Å². The Labute approximate surface area is 145 Å². The second-order valence-electron chi connectivity index (χ2n) is 4.95. The summed E-state index contributed by atoms with van der Waals surface area (Å²) >= 11 is 6.16. The van der Waals surface area contributed by atoms with Gasteiger partial charge in [-0.25, -0.2) is 9.97 Å². The van der Waals surface area contributed by atoms with Crippen molar-refractivity contribution in [3.05, 3.63) is 65.9 Å². The topological polar surface area (TPSA) is 59.1 Å². The number of hydrogen-bond donors (Lipinski definition) is 2. The number of rotatable bonds is 6. The second-order valence-corrected chi connectivity index (χ2v) is 5.35. The van der Waals surface area contributed by atoms with E-state index in [2.05, 4.69) is 20.6 Å². The molecule has 0 saturated heterocycles. The lowest BCUT2D eigenvalue weighted by Gasteiger charge is -2.12. The van der Waals surface area contributed by atoms with Crippen LogP contribution in [0.2, 0.25) is 5.02 Å². The van der Waals surface area contributed by atoms with Gasteiger partial charge in [0.1, 0.15) is 23.7 Å². The summed E-state index contributed by atoms with van der Waals surface area (Å²) in [6.45, 7) is 2.55. The molecule has 1 heterocycles. The lowest BCUT2D eigenvalue weighted by atomic mass is 10.3. The van der Waals surface area contributed by atoms with Gasteiger partial charge in [-0.1, -0.05) is 35.9 Å². The summed E-state index contributed by atoms with van der Waals surface area (Å²) < 4.78 is 5.61. The van der Waals surface area contributed by atoms with Crippen LogP contribution in [0.4, 0.5) is 23.0 Å². The van der Waals surface area contributed by atoms with Gasteiger partial charge in [0.25, 0.3) is 0 Å². The molecule has 5 nitrogen and oxygen atoms in total. The largest absolute Gasteiger partial charge is 0.492 e. The Morgan fingerprint density at radius 2 is 1.54 bits per heavy atom. The first-order chi connectivity index (χ1) is 11.8. The predicted molar refractivity (Wildman–Crippen MR) is 97.7 cm³/mol. The Hall–Kier alpha value is -2.79. The number of nitrogens with one attached hydrogen (secondary N) is 2. The first-order valence-electron chi connectivity index (χ1n) is 7.58. The molecule has 3 rings (SSSR count). The van der Waals surface area contributed by atoms with E-state index in [1.165, 1.54) is 6.33 Å². The standard InChI is InChI=1S/C18H17ClN4O/c1-2-24-16-10-6-5-9-15(16)23-18-11-17(20-12-21-18)22-14-8-4-3-7-13(14)19/h3-12H,2H2,1H3,(H2,20,21,22,23). The lowest BCUT2D eigenvalue weighted by Crippen LogP contribution is -2.01. The van der Waals surface area contributed by atoms with Gasteiger partial charge in [0.15, 0.2) is 0 Å². The summed E-state index contributed by atoms with van der Waals surface area (Å²) in [5.41, 5.74) is 1.64. The number of anilines is 4. The Morgan fingerprint density at radius 3 is 2.25 bits per heavy atom. The van der Waals surface area contributed by atoms with Crippen molar-refractivity contribution in [1.29, 1.82) is 0 Å². The highest BCUT2D eigenvalue weighted by Gasteiger charge is 2.06. The first kappa shape index (κ1) is 16.1. The van der Waals surface area contributed by atoms with E-state index in [1.54, 1.807) is 0 Å². The highest BCUT2D eigenvalue weighted by molar-refractivity contribution is 6.33. The van der Waals surface area contributed by atoms with Crippen LogP contribution in [0.25, 0.3) is 0 Å². The molecule has 0 saturated carbocycles. The van der Waals surface area contributed by atoms with Gasteiger partial charge in [0.05, 0.1) is 23.0 Å². The molecule has 2 aromatic carbocycles. The molecular weight excluding hydrogens is 324 g/mol. The third-order valence-electron chi connectivity index (χ3n) is 3.25. The van der Waals surface area contributed by atoms with Crippen molar-refractivity contribution in [2.75, 3.05) is 17.2 Å². The molecule has 0 aliphatic carbocycles. The zero-order valence-corrected chi connectivity index (χ0v) is 13.9. The van der Waals surface area contributed by atoms with Crippen LogP contribution in [0.5, 0.6) is 5.75 Å². The van der Waals surface area contributed by atoms with Gasteiger partial charge in [-0.15, -0.1) is 0 Å². The molecule has 0 amide bonds. The minimum absolute atomic E-state index is 0.599. The van der Waals surface area contributed by atoms with Crippen molar-refractivity contribution in [3.8, 4) is 5.75 Å². The maximum atomic E-state index is 6.16. The summed E-state index contributed by atoms with van der Waals surface area (Å²) in [6, 6.07) is 17.0. The Bertz CT molecular complexity index is 825. The smallest absolute Gasteiger partial charge is 0.142 e. The summed E-state index contributed by atoms with van der Waals surface area (Å²) in [4.78, 5) is 8.47. The average Bonchev–Trinajstić information content (AvgIpc) is 2.59. The molecule has 24 heavy (non-hydrogen) atoms. The first-order valence-corrected chi connectivity index (χ1v) is 7.96. The average molecular weight is 341 g/mol. The van der Waals surface area contributed by atoms with Crippen LogP contribution < -0.4 is 15.4 Å². The van der Waals surface area contributed by atoms with Gasteiger partial charge in [-0.05, 0) is 31.2 Å². The van der Waals surface area contributed by atoms with E-state index in [9.17, 15) is 0 Å². The van der Waals surface area contributed by atoms with E-state index < -0.39 is 0 Å². The molecule has 0 unspecified atom stereocenters. The zero-order valence-electron chi connectivity index (χ0n) is 13.2. The van der Waals surface area contributed by atoms with E-state index in [0.717, 1.165) is 17.1 Å². The monoisotopic (exact) mass is 340 g/mol. The number of hydrogen-bond acceptors (Lipinski definition) is 5. The van der Waals surface area contributed by atoms with Gasteiger partial charge < -0.3 is 15.4 Å². The van der Waals surface area contributed by atoms with E-state index in [4.69, 9.17) is 16.3 Å². The normalized spacial score (nSPS) is 10.2. The number of benzene rings is 2. The molecule has 6 heteroatoms. The quantitative estimate of drug-likeness (QED) is 0.660. The van der Waals surface area contributed by atoms with Crippen LogP contribution >= 0.6 is 11.6 Å². The summed E-state index contributed by atoms with van der Waals surface area (Å²) in [5, 5.41) is 7.06. The molecule has 0 radical (unpaired) electrons. The minimum atomic E-state index is 0.599. The van der Waals surface area contributed by atoms with Crippen LogP contribution in [-0.4, -0.2) is 16.6 Å². The zero-order chi connectivity index (χ0) is 16.8. The van der Waals surface area contributed by atoms with E-state index in [0.29, 0.717) is 23.3 Å². The fourth-order valence-corrected chi connectivity index (χ4v) is 2.37. The number of para-hydroxylation sites is 3. The van der Waals surface area contributed by atoms with Gasteiger partial charge in [-0.3, -0.25) is 0 Å². The van der Waals surface area contributed by atoms with E-state index >= 15 is 0 Å². The van der Waals surface area contributed by atoms with Gasteiger partial charge in [-0.2, -0.15) is 0 Å². The molecular formula is C18H17ClN4O. The molecule has 0 aliphatic heterocycles. The third-order valence-corrected chi connectivity index (χ3v) is 3.58. The fourth-order valence-electron chi connectivity index (χ4n) is 2.18. The Morgan fingerprint density at radius 1 is 0.917 bits per heavy atom. The van der Waals surface area contributed by atoms with Crippen LogP contribution in [0, 0.1) is 0 Å². The van der Waals surface area contributed by atoms with Crippen molar-refractivity contribution in [3.63, 3.8) is 0 Å². The number of ether oxygens (including phenoxy) is 1. The van der Waals surface area contributed by atoms with Crippen molar-refractivity contribution < 1.29 is 4.74 Å². The van der Waals surface area contributed by atoms with Crippen LogP contribution in [-0.2, 0) is 0 Å². The van der Waals surface area contributed by atoms with Crippen LogP contribution in [0.1, 0.15) is 6.92 Å². The maximum absolute atomic E-state index is 6.16. The summed E-state index contributed by atoms with van der Waals surface area (Å²) in [6.07, 6.45) is 1.49. The molecule has 0 aliphatic rings. The third kappa shape index (κ3) is 3.94. The summed E-state index contributed by atoms with van der Waals surface area (Å²) in [5.74, 6) is 2.08. The molecule has 122 valence electrons. The highest BCUT2D eigenvalue weighted by Crippen LogP contribution is 2.28. The van der Waals surface area contributed by atoms with Crippen molar-refractivity contribution in [1.82, 2.24) is 9.97 Å². The maximum Gasteiger partial charge on any atom is 0.142 e. The molecule has 0 atom stereocenters. The predicted octanol–water partition coefficient (Wildman–Crippen LogP) is 5.02. The molecule has 2 N–H and O–H groups in total. The number of aromatic nitrogens is 2. The van der Waals surface area contributed by atoms with Gasteiger partial charge in [0.2, 0.25) is 0 Å². The Kier molecular flexibility index (Phi) is 5.13. The molecule has 0 fully saturated rings. The number of halogens is 1. The van der Waals surface area contributed by atoms with Crippen molar-refractivity contribution in [2.24, 2.45) is 0 Å². The number of nitrogens with zero attached hydrogens (tertiary/aromatic N) is 2. The lowest BCUT2D eigenvalue weighted by molar-refractivity contribution is 0.342. The highest BCUT2D eigenvalue weighted by atomic mass is 35.5. The molecule has 3 aromatic rings. The summed E-state index contributed by atoms with van der Waals surface area (Å²) in [7, 11) is 0. The molecule has 1 aromatic heterocycles. The SMILES string of the molecule is CCOc1ccccc1Nc1cc(Nc2ccccc2Cl)ncn1. The molecule has 0 bridgehead atoms.